The van der Waals surface area contributed by atoms with Gasteiger partial charge in [0, 0.05) is 13.6 Å². The highest BCUT2D eigenvalue weighted by Gasteiger charge is 2.25. The maximum Gasteiger partial charge on any atom is 0.243 e. The van der Waals surface area contributed by atoms with Crippen molar-refractivity contribution in [1.29, 1.82) is 0 Å². The van der Waals surface area contributed by atoms with Gasteiger partial charge in [-0.05, 0) is 35.1 Å². The van der Waals surface area contributed by atoms with Crippen LogP contribution in [0.15, 0.2) is 53.4 Å². The minimum absolute atomic E-state index is 0.0873. The first-order chi connectivity index (χ1) is 10.6. The Kier molecular flexibility index (Phi) is 4.97. The smallest absolute Gasteiger partial charge is 0.207 e. The van der Waals surface area contributed by atoms with Gasteiger partial charge in [0.1, 0.15) is 0 Å². The third kappa shape index (κ3) is 4.01. The average molecular weight is 331 g/mol. The lowest BCUT2D eigenvalue weighted by Gasteiger charge is -2.23. The molecule has 2 aromatic rings. The Bertz CT molecular complexity index is 775. The third-order valence-electron chi connectivity index (χ3n) is 3.99. The van der Waals surface area contributed by atoms with Gasteiger partial charge in [0.2, 0.25) is 10.0 Å². The molecule has 0 radical (unpaired) electrons. The van der Waals surface area contributed by atoms with Crippen LogP contribution in [0.3, 0.4) is 0 Å². The van der Waals surface area contributed by atoms with E-state index in [2.05, 4.69) is 20.8 Å². The first-order valence-electron chi connectivity index (χ1n) is 7.74. The average Bonchev–Trinajstić information content (AvgIpc) is 2.47. The normalized spacial score (nSPS) is 12.6. The molecule has 3 nitrogen and oxygen atoms in total. The molecule has 0 aromatic heterocycles. The summed E-state index contributed by atoms with van der Waals surface area (Å²) in [6, 6.07) is 15.3. The summed E-state index contributed by atoms with van der Waals surface area (Å²) >= 11 is 0. The van der Waals surface area contributed by atoms with Crippen molar-refractivity contribution in [3.05, 3.63) is 65.2 Å². The fourth-order valence-corrected chi connectivity index (χ4v) is 3.84. The first kappa shape index (κ1) is 17.7. The molecule has 23 heavy (non-hydrogen) atoms. The van der Waals surface area contributed by atoms with Gasteiger partial charge in [-0.3, -0.25) is 0 Å². The third-order valence-corrected chi connectivity index (χ3v) is 5.94. The Labute approximate surface area is 140 Å². The van der Waals surface area contributed by atoms with Gasteiger partial charge in [-0.25, -0.2) is 8.42 Å². The predicted octanol–water partition coefficient (Wildman–Crippen LogP) is 4.11. The van der Waals surface area contributed by atoms with E-state index in [0.717, 1.165) is 16.7 Å². The zero-order valence-electron chi connectivity index (χ0n) is 14.5. The standard InChI is InChI=1S/C19H25NO2S/c1-15-11-12-17(19(2,3)4)13-18(15)23(21,22)20(5)14-16-9-7-6-8-10-16/h6-13H,14H2,1-5H3. The van der Waals surface area contributed by atoms with Crippen LogP contribution in [0.1, 0.15) is 37.5 Å². The number of nitrogens with zero attached hydrogens (tertiary/aromatic N) is 1. The summed E-state index contributed by atoms with van der Waals surface area (Å²) in [6.07, 6.45) is 0. The number of hydrogen-bond donors (Lipinski definition) is 0. The molecule has 4 heteroatoms. The molecular weight excluding hydrogens is 306 g/mol. The lowest BCUT2D eigenvalue weighted by molar-refractivity contribution is 0.466. The maximum atomic E-state index is 13.0. The summed E-state index contributed by atoms with van der Waals surface area (Å²) in [4.78, 5) is 0.392. The van der Waals surface area contributed by atoms with Gasteiger partial charge in [0.25, 0.3) is 0 Å². The lowest BCUT2D eigenvalue weighted by Crippen LogP contribution is -2.27. The number of rotatable bonds is 4. The predicted molar refractivity (Wildman–Crippen MR) is 95.0 cm³/mol. The van der Waals surface area contributed by atoms with Crippen LogP contribution in [0.5, 0.6) is 0 Å². The minimum atomic E-state index is -3.52. The molecule has 2 rings (SSSR count). The van der Waals surface area contributed by atoms with Gasteiger partial charge < -0.3 is 0 Å². The van der Waals surface area contributed by atoms with Crippen LogP contribution in [0, 0.1) is 6.92 Å². The van der Waals surface area contributed by atoms with Crippen LogP contribution in [-0.2, 0) is 22.0 Å². The van der Waals surface area contributed by atoms with Gasteiger partial charge in [0.15, 0.2) is 0 Å². The highest BCUT2D eigenvalue weighted by molar-refractivity contribution is 7.89. The SMILES string of the molecule is Cc1ccc(C(C)(C)C)cc1S(=O)(=O)N(C)Cc1ccccc1. The molecule has 0 N–H and O–H groups in total. The number of hydrogen-bond acceptors (Lipinski definition) is 2. The summed E-state index contributed by atoms with van der Waals surface area (Å²) in [5.41, 5.74) is 2.69. The summed E-state index contributed by atoms with van der Waals surface area (Å²) in [6.45, 7) is 8.46. The monoisotopic (exact) mass is 331 g/mol. The molecule has 0 amide bonds. The molecule has 2 aromatic carbocycles. The molecule has 124 valence electrons. The topological polar surface area (TPSA) is 37.4 Å². The molecule has 0 fully saturated rings. The van der Waals surface area contributed by atoms with Gasteiger partial charge in [-0.15, -0.1) is 0 Å². The molecule has 0 spiro atoms. The van der Waals surface area contributed by atoms with E-state index in [4.69, 9.17) is 0 Å². The van der Waals surface area contributed by atoms with E-state index in [1.807, 2.05) is 55.5 Å². The van der Waals surface area contributed by atoms with Crippen molar-refractivity contribution in [3.63, 3.8) is 0 Å². The quantitative estimate of drug-likeness (QED) is 0.845. The van der Waals surface area contributed by atoms with E-state index in [0.29, 0.717) is 11.4 Å². The fourth-order valence-electron chi connectivity index (χ4n) is 2.44. The zero-order valence-corrected chi connectivity index (χ0v) is 15.3. The highest BCUT2D eigenvalue weighted by atomic mass is 32.2. The summed E-state index contributed by atoms with van der Waals surface area (Å²) in [5, 5.41) is 0. The molecule has 0 heterocycles. The Morgan fingerprint density at radius 2 is 1.61 bits per heavy atom. The van der Waals surface area contributed by atoms with E-state index < -0.39 is 10.0 Å². The van der Waals surface area contributed by atoms with Crippen molar-refractivity contribution in [2.45, 2.75) is 44.6 Å². The van der Waals surface area contributed by atoms with Crippen LogP contribution in [0.4, 0.5) is 0 Å². The largest absolute Gasteiger partial charge is 0.243 e. The lowest BCUT2D eigenvalue weighted by atomic mass is 9.87. The maximum absolute atomic E-state index is 13.0. The summed E-state index contributed by atoms with van der Waals surface area (Å²) < 4.78 is 27.3. The van der Waals surface area contributed by atoms with Gasteiger partial charge in [0.05, 0.1) is 4.90 Å². The van der Waals surface area contributed by atoms with Crippen molar-refractivity contribution in [3.8, 4) is 0 Å². The van der Waals surface area contributed by atoms with Gasteiger partial charge in [-0.2, -0.15) is 4.31 Å². The minimum Gasteiger partial charge on any atom is -0.207 e. The van der Waals surface area contributed by atoms with Crippen LogP contribution >= 0.6 is 0 Å². The molecule has 0 aliphatic heterocycles. The van der Waals surface area contributed by atoms with Crippen molar-refractivity contribution in [2.75, 3.05) is 7.05 Å². The van der Waals surface area contributed by atoms with Crippen LogP contribution in [-0.4, -0.2) is 19.8 Å². The molecule has 0 aliphatic rings. The first-order valence-corrected chi connectivity index (χ1v) is 9.18. The molecular formula is C19H25NO2S. The second-order valence-corrected chi connectivity index (χ2v) is 8.99. The van der Waals surface area contributed by atoms with E-state index in [1.54, 1.807) is 7.05 Å². The van der Waals surface area contributed by atoms with Gasteiger partial charge >= 0.3 is 0 Å². The van der Waals surface area contributed by atoms with Crippen LogP contribution in [0.2, 0.25) is 0 Å². The Morgan fingerprint density at radius 1 is 1.00 bits per heavy atom. The molecule has 0 unspecified atom stereocenters. The fraction of sp³-hybridized carbons (Fsp3) is 0.368. The second kappa shape index (κ2) is 6.46. The van der Waals surface area contributed by atoms with Crippen molar-refractivity contribution in [1.82, 2.24) is 4.31 Å². The Hall–Kier alpha value is -1.65. The van der Waals surface area contributed by atoms with E-state index in [-0.39, 0.29) is 5.41 Å². The van der Waals surface area contributed by atoms with E-state index in [9.17, 15) is 8.42 Å². The van der Waals surface area contributed by atoms with Gasteiger partial charge in [-0.1, -0.05) is 63.2 Å². The molecule has 0 saturated carbocycles. The highest BCUT2D eigenvalue weighted by Crippen LogP contribution is 2.28. The van der Waals surface area contributed by atoms with Crippen molar-refractivity contribution < 1.29 is 8.42 Å². The molecule has 0 aliphatic carbocycles. The molecule has 0 atom stereocenters. The summed E-state index contributed by atoms with van der Waals surface area (Å²) in [7, 11) is -1.89. The number of aryl methyl sites for hydroxylation is 1. The van der Waals surface area contributed by atoms with Crippen LogP contribution < -0.4 is 0 Å². The molecule has 0 saturated heterocycles. The van der Waals surface area contributed by atoms with E-state index in [1.165, 1.54) is 4.31 Å². The van der Waals surface area contributed by atoms with E-state index >= 15 is 0 Å². The van der Waals surface area contributed by atoms with Crippen molar-refractivity contribution >= 4 is 10.0 Å². The number of benzene rings is 2. The Balaban J connectivity index is 2.39. The number of sulfonamides is 1. The van der Waals surface area contributed by atoms with Crippen molar-refractivity contribution in [2.24, 2.45) is 0 Å². The van der Waals surface area contributed by atoms with Crippen LogP contribution in [0.25, 0.3) is 0 Å². The Morgan fingerprint density at radius 3 is 2.17 bits per heavy atom. The zero-order chi connectivity index (χ0) is 17.3. The summed E-state index contributed by atoms with van der Waals surface area (Å²) in [5.74, 6) is 0. The second-order valence-electron chi connectivity index (χ2n) is 6.98. The molecule has 0 bridgehead atoms.